The molecule has 7 heteroatoms. The van der Waals surface area contributed by atoms with Crippen LogP contribution in [-0.4, -0.2) is 17.1 Å². The van der Waals surface area contributed by atoms with Gasteiger partial charge in [-0.2, -0.15) is 10.5 Å². The SMILES string of the molecule is CC(C)OC(C#N)=C[C@@H]1C(C)(C)[C@]1(C#N)C(=O)OCc1cccc(Oc2ccccc2)n1. The van der Waals surface area contributed by atoms with Crippen LogP contribution in [0.1, 0.15) is 33.4 Å². The maximum Gasteiger partial charge on any atom is 0.328 e. The smallest absolute Gasteiger partial charge is 0.328 e. The number of benzene rings is 1. The van der Waals surface area contributed by atoms with Gasteiger partial charge < -0.3 is 14.2 Å². The molecule has 1 fully saturated rings. The summed E-state index contributed by atoms with van der Waals surface area (Å²) >= 11 is 0. The summed E-state index contributed by atoms with van der Waals surface area (Å²) in [6, 6.07) is 18.5. The summed E-state index contributed by atoms with van der Waals surface area (Å²) in [5.74, 6) is -0.0399. The Labute approximate surface area is 187 Å². The van der Waals surface area contributed by atoms with E-state index >= 15 is 0 Å². The number of rotatable bonds is 8. The Balaban J connectivity index is 1.71. The molecule has 2 atom stereocenters. The Morgan fingerprint density at radius 2 is 1.88 bits per heavy atom. The minimum Gasteiger partial charge on any atom is -0.481 e. The number of nitriles is 2. The third-order valence-corrected chi connectivity index (χ3v) is 5.56. The first-order chi connectivity index (χ1) is 15.2. The third-order valence-electron chi connectivity index (χ3n) is 5.56. The van der Waals surface area contributed by atoms with Gasteiger partial charge >= 0.3 is 5.97 Å². The molecular weight excluding hydrogens is 406 g/mol. The Bertz CT molecular complexity index is 1100. The number of carbonyl (C=O) groups is 1. The highest BCUT2D eigenvalue weighted by Crippen LogP contribution is 2.70. The molecule has 164 valence electrons. The lowest BCUT2D eigenvalue weighted by Crippen LogP contribution is -2.23. The molecule has 0 unspecified atom stereocenters. The number of hydrogen-bond donors (Lipinski definition) is 0. The molecule has 0 N–H and O–H groups in total. The quantitative estimate of drug-likeness (QED) is 0.332. The fraction of sp³-hybridized carbons (Fsp3) is 0.360. The van der Waals surface area contributed by atoms with Crippen molar-refractivity contribution in [3.8, 4) is 23.8 Å². The highest BCUT2D eigenvalue weighted by Gasteiger charge is 2.77. The molecule has 1 saturated carbocycles. The van der Waals surface area contributed by atoms with Crippen LogP contribution in [0.5, 0.6) is 11.6 Å². The predicted molar refractivity (Wildman–Crippen MR) is 116 cm³/mol. The average Bonchev–Trinajstić information content (AvgIpc) is 3.26. The molecule has 3 rings (SSSR count). The molecule has 0 bridgehead atoms. The van der Waals surface area contributed by atoms with Gasteiger partial charge in [-0.15, -0.1) is 0 Å². The molecule has 0 radical (unpaired) electrons. The van der Waals surface area contributed by atoms with E-state index in [1.54, 1.807) is 52.0 Å². The number of pyridine rings is 1. The monoisotopic (exact) mass is 431 g/mol. The number of allylic oxidation sites excluding steroid dienone is 2. The molecule has 0 spiro atoms. The van der Waals surface area contributed by atoms with Crippen LogP contribution in [0, 0.1) is 39.4 Å². The lowest BCUT2D eigenvalue weighted by Gasteiger charge is -2.12. The van der Waals surface area contributed by atoms with Gasteiger partial charge in [0.05, 0.1) is 17.9 Å². The second kappa shape index (κ2) is 9.11. The molecule has 0 saturated heterocycles. The van der Waals surface area contributed by atoms with E-state index in [1.807, 2.05) is 36.4 Å². The molecular formula is C25H25N3O4. The first-order valence-electron chi connectivity index (χ1n) is 10.3. The Kier molecular flexibility index (Phi) is 6.50. The number of ether oxygens (including phenoxy) is 3. The first kappa shape index (κ1) is 22.8. The number of carbonyl (C=O) groups excluding carboxylic acids is 1. The van der Waals surface area contributed by atoms with Gasteiger partial charge in [-0.1, -0.05) is 38.1 Å². The van der Waals surface area contributed by atoms with Crippen molar-refractivity contribution in [1.29, 1.82) is 10.5 Å². The van der Waals surface area contributed by atoms with Crippen LogP contribution >= 0.6 is 0 Å². The van der Waals surface area contributed by atoms with Crippen LogP contribution in [0.2, 0.25) is 0 Å². The van der Waals surface area contributed by atoms with Crippen molar-refractivity contribution in [2.24, 2.45) is 16.7 Å². The molecule has 1 aromatic heterocycles. The van der Waals surface area contributed by atoms with E-state index in [-0.39, 0.29) is 18.5 Å². The second-order valence-corrected chi connectivity index (χ2v) is 8.39. The van der Waals surface area contributed by atoms with E-state index in [0.29, 0.717) is 17.3 Å². The zero-order valence-corrected chi connectivity index (χ0v) is 18.5. The number of nitrogens with zero attached hydrogens (tertiary/aromatic N) is 3. The van der Waals surface area contributed by atoms with Gasteiger partial charge in [-0.3, -0.25) is 4.79 Å². The fourth-order valence-corrected chi connectivity index (χ4v) is 3.75. The lowest BCUT2D eigenvalue weighted by atomic mass is 9.98. The predicted octanol–water partition coefficient (Wildman–Crippen LogP) is 4.92. The van der Waals surface area contributed by atoms with Gasteiger partial charge in [0.2, 0.25) is 5.88 Å². The molecule has 1 aliphatic rings. The molecule has 32 heavy (non-hydrogen) atoms. The standard InChI is InChI=1S/C25H25N3O4/c1-17(2)31-20(14-26)13-21-24(3,4)25(21,16-27)23(29)30-15-18-9-8-12-22(28-18)32-19-10-6-5-7-11-19/h5-13,17,21H,15H2,1-4H3/t21-,25+/m1/s1. The van der Waals surface area contributed by atoms with Crippen molar-refractivity contribution in [3.05, 3.63) is 66.1 Å². The van der Waals surface area contributed by atoms with E-state index < -0.39 is 22.7 Å². The van der Waals surface area contributed by atoms with Crippen LogP contribution in [0.4, 0.5) is 0 Å². The van der Waals surface area contributed by atoms with Crippen LogP contribution in [0.15, 0.2) is 60.4 Å². The minimum absolute atomic E-state index is 0.0930. The van der Waals surface area contributed by atoms with Gasteiger partial charge in [0.25, 0.3) is 0 Å². The van der Waals surface area contributed by atoms with E-state index in [4.69, 9.17) is 14.2 Å². The summed E-state index contributed by atoms with van der Waals surface area (Å²) < 4.78 is 16.7. The van der Waals surface area contributed by atoms with Crippen molar-refractivity contribution >= 4 is 5.97 Å². The second-order valence-electron chi connectivity index (χ2n) is 8.39. The summed E-state index contributed by atoms with van der Waals surface area (Å²) in [6.45, 7) is 7.11. The zero-order chi connectivity index (χ0) is 23.4. The maximum absolute atomic E-state index is 13.0. The van der Waals surface area contributed by atoms with Crippen molar-refractivity contribution in [3.63, 3.8) is 0 Å². The number of aromatic nitrogens is 1. The molecule has 0 amide bonds. The molecule has 0 aliphatic heterocycles. The van der Waals surface area contributed by atoms with Crippen molar-refractivity contribution < 1.29 is 19.0 Å². The largest absolute Gasteiger partial charge is 0.481 e. The highest BCUT2D eigenvalue weighted by molar-refractivity contribution is 5.87. The number of esters is 1. The molecule has 7 nitrogen and oxygen atoms in total. The molecule has 1 heterocycles. The van der Waals surface area contributed by atoms with Crippen LogP contribution in [0.25, 0.3) is 0 Å². The van der Waals surface area contributed by atoms with Gasteiger partial charge in [0, 0.05) is 17.4 Å². The molecule has 2 aromatic rings. The number of para-hydroxylation sites is 1. The summed E-state index contributed by atoms with van der Waals surface area (Å²) in [5, 5.41) is 19.2. The van der Waals surface area contributed by atoms with E-state index in [1.165, 1.54) is 0 Å². The van der Waals surface area contributed by atoms with Crippen molar-refractivity contribution in [2.75, 3.05) is 0 Å². The lowest BCUT2D eigenvalue weighted by molar-refractivity contribution is -0.150. The van der Waals surface area contributed by atoms with Crippen LogP contribution < -0.4 is 4.74 Å². The van der Waals surface area contributed by atoms with Crippen LogP contribution in [0.3, 0.4) is 0 Å². The minimum atomic E-state index is -1.40. The normalized spacial score (nSPS) is 21.2. The average molecular weight is 431 g/mol. The summed E-state index contributed by atoms with van der Waals surface area (Å²) in [5.41, 5.74) is -1.60. The van der Waals surface area contributed by atoms with Crippen molar-refractivity contribution in [1.82, 2.24) is 4.98 Å². The Morgan fingerprint density at radius 3 is 2.50 bits per heavy atom. The van der Waals surface area contributed by atoms with Gasteiger partial charge in [-0.05, 0) is 38.1 Å². The molecule has 1 aliphatic carbocycles. The maximum atomic E-state index is 13.0. The zero-order valence-electron chi connectivity index (χ0n) is 18.5. The summed E-state index contributed by atoms with van der Waals surface area (Å²) in [4.78, 5) is 17.3. The van der Waals surface area contributed by atoms with Crippen molar-refractivity contribution in [2.45, 2.75) is 40.4 Å². The summed E-state index contributed by atoms with van der Waals surface area (Å²) in [7, 11) is 0. The first-order valence-corrected chi connectivity index (χ1v) is 10.3. The fourth-order valence-electron chi connectivity index (χ4n) is 3.75. The number of hydrogen-bond acceptors (Lipinski definition) is 7. The van der Waals surface area contributed by atoms with Gasteiger partial charge in [0.1, 0.15) is 18.4 Å². The van der Waals surface area contributed by atoms with Gasteiger partial charge in [-0.25, -0.2) is 4.98 Å². The Hall–Kier alpha value is -3.84. The van der Waals surface area contributed by atoms with Crippen LogP contribution in [-0.2, 0) is 20.9 Å². The molecule has 1 aromatic carbocycles. The Morgan fingerprint density at radius 1 is 1.16 bits per heavy atom. The topological polar surface area (TPSA) is 105 Å². The third kappa shape index (κ3) is 4.43. The van der Waals surface area contributed by atoms with E-state index in [9.17, 15) is 15.3 Å². The van der Waals surface area contributed by atoms with Gasteiger partial charge in [0.15, 0.2) is 11.2 Å². The van der Waals surface area contributed by atoms with E-state index in [0.717, 1.165) is 0 Å². The summed E-state index contributed by atoms with van der Waals surface area (Å²) in [6.07, 6.45) is 1.36. The highest BCUT2D eigenvalue weighted by atomic mass is 16.5. The van der Waals surface area contributed by atoms with E-state index in [2.05, 4.69) is 11.1 Å².